The Morgan fingerprint density at radius 2 is 1.65 bits per heavy atom. The summed E-state index contributed by atoms with van der Waals surface area (Å²) in [5.41, 5.74) is 6.07. The lowest BCUT2D eigenvalue weighted by Crippen LogP contribution is -2.25. The molecule has 0 aliphatic heterocycles. The third-order valence-electron chi connectivity index (χ3n) is 6.49. The number of nitriles is 1. The van der Waals surface area contributed by atoms with E-state index in [1.54, 1.807) is 6.08 Å². The van der Waals surface area contributed by atoms with Crippen LogP contribution < -0.4 is 5.32 Å². The van der Waals surface area contributed by atoms with Gasteiger partial charge in [-0.3, -0.25) is 4.79 Å². The SMILES string of the molecule is Cc1cc(C)c2c(C#N)c(C=CC(=O)NCCC(C)(C)C)n(C(c3ccccc3)c3ccccc3)c2n1. The van der Waals surface area contributed by atoms with E-state index in [-0.39, 0.29) is 17.4 Å². The number of pyridine rings is 1. The van der Waals surface area contributed by atoms with Crippen molar-refractivity contribution < 1.29 is 4.79 Å². The van der Waals surface area contributed by atoms with Crippen molar-refractivity contribution in [3.05, 3.63) is 106 Å². The molecule has 0 saturated carbocycles. The van der Waals surface area contributed by atoms with Gasteiger partial charge in [0.25, 0.3) is 0 Å². The first-order valence-electron chi connectivity index (χ1n) is 12.7. The minimum absolute atomic E-state index is 0.136. The Morgan fingerprint density at radius 1 is 1.05 bits per heavy atom. The fourth-order valence-electron chi connectivity index (χ4n) is 4.74. The Bertz CT molecular complexity index is 1430. The second-order valence-corrected chi connectivity index (χ2v) is 10.7. The molecule has 0 aliphatic carbocycles. The average molecular weight is 491 g/mol. The lowest BCUT2D eigenvalue weighted by molar-refractivity contribution is -0.116. The fraction of sp³-hybridized carbons (Fsp3) is 0.281. The van der Waals surface area contributed by atoms with E-state index in [2.05, 4.69) is 61.0 Å². The van der Waals surface area contributed by atoms with Gasteiger partial charge < -0.3 is 9.88 Å². The van der Waals surface area contributed by atoms with Crippen molar-refractivity contribution in [3.63, 3.8) is 0 Å². The van der Waals surface area contributed by atoms with Crippen molar-refractivity contribution in [1.29, 1.82) is 5.26 Å². The normalized spacial score (nSPS) is 11.8. The number of nitrogens with zero attached hydrogens (tertiary/aromatic N) is 3. The summed E-state index contributed by atoms with van der Waals surface area (Å²) in [7, 11) is 0. The Morgan fingerprint density at radius 3 is 2.19 bits per heavy atom. The zero-order valence-electron chi connectivity index (χ0n) is 22.2. The summed E-state index contributed by atoms with van der Waals surface area (Å²) < 4.78 is 2.11. The number of hydrogen-bond acceptors (Lipinski definition) is 3. The molecule has 0 unspecified atom stereocenters. The molecular formula is C32H34N4O. The van der Waals surface area contributed by atoms with Gasteiger partial charge >= 0.3 is 0 Å². The highest BCUT2D eigenvalue weighted by atomic mass is 16.1. The summed E-state index contributed by atoms with van der Waals surface area (Å²) in [5.74, 6) is -0.179. The third kappa shape index (κ3) is 5.81. The predicted octanol–water partition coefficient (Wildman–Crippen LogP) is 6.73. The van der Waals surface area contributed by atoms with Crippen LogP contribution in [0.5, 0.6) is 0 Å². The van der Waals surface area contributed by atoms with E-state index in [0.717, 1.165) is 39.8 Å². The van der Waals surface area contributed by atoms with Gasteiger partial charge in [0.15, 0.2) is 0 Å². The highest BCUT2D eigenvalue weighted by Crippen LogP contribution is 2.37. The second kappa shape index (κ2) is 10.8. The average Bonchev–Trinajstić information content (AvgIpc) is 3.16. The van der Waals surface area contributed by atoms with Gasteiger partial charge in [0.2, 0.25) is 5.91 Å². The van der Waals surface area contributed by atoms with Crippen LogP contribution in [0.4, 0.5) is 0 Å². The van der Waals surface area contributed by atoms with E-state index in [0.29, 0.717) is 17.8 Å². The molecule has 0 spiro atoms. The quantitative estimate of drug-likeness (QED) is 0.292. The van der Waals surface area contributed by atoms with Gasteiger partial charge in [0.05, 0.1) is 17.3 Å². The number of nitrogens with one attached hydrogen (secondary N) is 1. The van der Waals surface area contributed by atoms with E-state index in [1.807, 2.05) is 56.3 Å². The number of hydrogen-bond donors (Lipinski definition) is 1. The maximum Gasteiger partial charge on any atom is 0.244 e. The monoisotopic (exact) mass is 490 g/mol. The Balaban J connectivity index is 1.93. The molecule has 1 amide bonds. The minimum atomic E-state index is -0.232. The molecule has 0 bridgehead atoms. The van der Waals surface area contributed by atoms with Crippen LogP contribution in [0.1, 0.15) is 66.9 Å². The summed E-state index contributed by atoms with van der Waals surface area (Å²) >= 11 is 0. The van der Waals surface area contributed by atoms with E-state index in [9.17, 15) is 10.1 Å². The lowest BCUT2D eigenvalue weighted by Gasteiger charge is -2.23. The van der Waals surface area contributed by atoms with Gasteiger partial charge in [-0.05, 0) is 54.5 Å². The molecule has 0 atom stereocenters. The number of fused-ring (bicyclic) bond motifs is 1. The van der Waals surface area contributed by atoms with Crippen LogP contribution in [0.3, 0.4) is 0 Å². The van der Waals surface area contributed by atoms with E-state index < -0.39 is 0 Å². The van der Waals surface area contributed by atoms with Gasteiger partial charge in [-0.2, -0.15) is 5.26 Å². The molecule has 0 radical (unpaired) electrons. The molecule has 2 aromatic heterocycles. The maximum atomic E-state index is 12.8. The first-order chi connectivity index (χ1) is 17.7. The zero-order chi connectivity index (χ0) is 26.6. The minimum Gasteiger partial charge on any atom is -0.353 e. The number of benzene rings is 2. The van der Waals surface area contributed by atoms with Gasteiger partial charge in [0.1, 0.15) is 11.7 Å². The highest BCUT2D eigenvalue weighted by Gasteiger charge is 2.26. The molecule has 4 rings (SSSR count). The molecule has 5 heteroatoms. The molecule has 2 heterocycles. The summed E-state index contributed by atoms with van der Waals surface area (Å²) in [6.07, 6.45) is 4.17. The number of aryl methyl sites for hydroxylation is 2. The predicted molar refractivity (Wildman–Crippen MR) is 150 cm³/mol. The molecule has 2 aromatic carbocycles. The van der Waals surface area contributed by atoms with E-state index >= 15 is 0 Å². The first-order valence-corrected chi connectivity index (χ1v) is 12.7. The Labute approximate surface area is 219 Å². The molecule has 0 saturated heterocycles. The summed E-state index contributed by atoms with van der Waals surface area (Å²) in [6.45, 7) is 11.0. The Hall–Kier alpha value is -4.17. The van der Waals surface area contributed by atoms with Crippen LogP contribution in [0.25, 0.3) is 17.1 Å². The molecule has 4 aromatic rings. The van der Waals surface area contributed by atoms with E-state index in [4.69, 9.17) is 4.98 Å². The summed E-state index contributed by atoms with van der Waals surface area (Å²) in [4.78, 5) is 17.7. The van der Waals surface area contributed by atoms with Gasteiger partial charge in [-0.1, -0.05) is 81.4 Å². The number of carbonyl (C=O) groups excluding carboxylic acids is 1. The van der Waals surface area contributed by atoms with Crippen molar-refractivity contribution >= 4 is 23.0 Å². The van der Waals surface area contributed by atoms with Crippen LogP contribution in [-0.2, 0) is 4.79 Å². The first kappa shape index (κ1) is 25.9. The Kier molecular flexibility index (Phi) is 7.59. The van der Waals surface area contributed by atoms with Crippen LogP contribution in [0.15, 0.2) is 72.8 Å². The number of carbonyl (C=O) groups is 1. The second-order valence-electron chi connectivity index (χ2n) is 10.7. The summed E-state index contributed by atoms with van der Waals surface area (Å²) in [5, 5.41) is 14.1. The molecular weight excluding hydrogens is 456 g/mol. The maximum absolute atomic E-state index is 12.8. The molecule has 0 fully saturated rings. The van der Waals surface area contributed by atoms with Crippen molar-refractivity contribution in [2.75, 3.05) is 6.54 Å². The molecule has 37 heavy (non-hydrogen) atoms. The molecule has 5 nitrogen and oxygen atoms in total. The van der Waals surface area contributed by atoms with Gasteiger partial charge in [0, 0.05) is 23.7 Å². The van der Waals surface area contributed by atoms with Crippen molar-refractivity contribution in [2.24, 2.45) is 5.41 Å². The third-order valence-corrected chi connectivity index (χ3v) is 6.49. The van der Waals surface area contributed by atoms with Crippen LogP contribution in [0, 0.1) is 30.6 Å². The number of amides is 1. The van der Waals surface area contributed by atoms with Crippen molar-refractivity contribution in [2.45, 2.75) is 47.1 Å². The fourth-order valence-corrected chi connectivity index (χ4v) is 4.74. The topological polar surface area (TPSA) is 70.7 Å². The summed E-state index contributed by atoms with van der Waals surface area (Å²) in [6, 6.07) is 24.6. The molecule has 188 valence electrons. The number of aromatic nitrogens is 2. The van der Waals surface area contributed by atoms with Crippen LogP contribution >= 0.6 is 0 Å². The number of rotatable bonds is 7. The van der Waals surface area contributed by atoms with E-state index in [1.165, 1.54) is 6.08 Å². The van der Waals surface area contributed by atoms with Gasteiger partial charge in [-0.25, -0.2) is 4.98 Å². The largest absolute Gasteiger partial charge is 0.353 e. The van der Waals surface area contributed by atoms with Crippen LogP contribution in [0.2, 0.25) is 0 Å². The van der Waals surface area contributed by atoms with Crippen molar-refractivity contribution in [1.82, 2.24) is 14.9 Å². The van der Waals surface area contributed by atoms with Crippen molar-refractivity contribution in [3.8, 4) is 6.07 Å². The van der Waals surface area contributed by atoms with Gasteiger partial charge in [-0.15, -0.1) is 0 Å². The lowest BCUT2D eigenvalue weighted by atomic mass is 9.92. The van der Waals surface area contributed by atoms with Crippen LogP contribution in [-0.4, -0.2) is 22.0 Å². The molecule has 1 N–H and O–H groups in total. The highest BCUT2D eigenvalue weighted by molar-refractivity contribution is 5.96. The smallest absolute Gasteiger partial charge is 0.244 e. The standard InChI is InChI=1S/C32H34N4O/c1-22-20-23(2)35-31-29(22)26(21-33)27(16-17-28(37)34-19-18-32(3,4)5)36(31)30(24-12-8-6-9-13-24)25-14-10-7-11-15-25/h6-17,20,30H,18-19H2,1-5H3,(H,34,37). The zero-order valence-corrected chi connectivity index (χ0v) is 22.2. The molecule has 0 aliphatic rings.